The van der Waals surface area contributed by atoms with Gasteiger partial charge in [-0.05, 0) is 26.4 Å². The minimum atomic E-state index is 0.168. The van der Waals surface area contributed by atoms with Gasteiger partial charge in [-0.15, -0.1) is 11.3 Å². The Kier molecular flexibility index (Phi) is 5.76. The number of nitrogens with zero attached hydrogens (tertiary/aromatic N) is 2. The molecule has 0 aliphatic carbocycles. The van der Waals surface area contributed by atoms with E-state index in [0.717, 1.165) is 44.2 Å². The zero-order valence-electron chi connectivity index (χ0n) is 12.2. The molecular weight excluding hydrogens is 258 g/mol. The molecule has 0 amide bonds. The average molecular weight is 283 g/mol. The van der Waals surface area contributed by atoms with Crippen LogP contribution in [0.2, 0.25) is 0 Å². The van der Waals surface area contributed by atoms with Gasteiger partial charge in [-0.25, -0.2) is 4.98 Å². The Bertz CT molecular complexity index is 392. The number of aromatic nitrogens is 1. The molecule has 1 aliphatic heterocycles. The van der Waals surface area contributed by atoms with Crippen LogP contribution >= 0.6 is 11.3 Å². The molecular formula is C14H25N3OS. The van der Waals surface area contributed by atoms with Crippen LogP contribution < -0.4 is 5.32 Å². The van der Waals surface area contributed by atoms with Crippen LogP contribution in [0.25, 0.3) is 0 Å². The van der Waals surface area contributed by atoms with E-state index < -0.39 is 0 Å². The van der Waals surface area contributed by atoms with Crippen molar-refractivity contribution >= 4 is 11.3 Å². The minimum Gasteiger partial charge on any atom is -0.368 e. The Labute approximate surface area is 120 Å². The summed E-state index contributed by atoms with van der Waals surface area (Å²) >= 11 is 1.81. The van der Waals surface area contributed by atoms with Crippen LogP contribution in [-0.4, -0.2) is 43.2 Å². The molecule has 1 aliphatic rings. The summed E-state index contributed by atoms with van der Waals surface area (Å²) in [7, 11) is 1.99. The molecule has 0 radical (unpaired) electrons. The summed E-state index contributed by atoms with van der Waals surface area (Å²) < 4.78 is 5.92. The fraction of sp³-hybridized carbons (Fsp3) is 0.786. The number of hydrogen-bond donors (Lipinski definition) is 1. The first kappa shape index (κ1) is 14.9. The van der Waals surface area contributed by atoms with Crippen molar-refractivity contribution < 1.29 is 4.74 Å². The number of aryl methyl sites for hydroxylation is 1. The lowest BCUT2D eigenvalue weighted by Gasteiger charge is -2.31. The standard InChI is InChI=1S/C14H25N3OS/c1-4-6-17-7-8-18-12(10-17)14-16-11(5-2)13(19-14)9-15-3/h12,15H,4-10H2,1-3H3. The third-order valence-electron chi connectivity index (χ3n) is 3.43. The lowest BCUT2D eigenvalue weighted by molar-refractivity contribution is -0.0299. The van der Waals surface area contributed by atoms with Crippen LogP contribution in [0.4, 0.5) is 0 Å². The maximum absolute atomic E-state index is 5.92. The minimum absolute atomic E-state index is 0.168. The third kappa shape index (κ3) is 3.75. The van der Waals surface area contributed by atoms with Crippen molar-refractivity contribution in [3.8, 4) is 0 Å². The highest BCUT2D eigenvalue weighted by atomic mass is 32.1. The van der Waals surface area contributed by atoms with Crippen molar-refractivity contribution in [2.75, 3.05) is 33.3 Å². The largest absolute Gasteiger partial charge is 0.368 e. The van der Waals surface area contributed by atoms with Gasteiger partial charge >= 0.3 is 0 Å². The van der Waals surface area contributed by atoms with Crippen molar-refractivity contribution in [2.45, 2.75) is 39.3 Å². The summed E-state index contributed by atoms with van der Waals surface area (Å²) in [6, 6.07) is 0. The number of rotatable bonds is 6. The lowest BCUT2D eigenvalue weighted by Crippen LogP contribution is -2.38. The third-order valence-corrected chi connectivity index (χ3v) is 4.62. The lowest BCUT2D eigenvalue weighted by atomic mass is 10.2. The summed E-state index contributed by atoms with van der Waals surface area (Å²) in [5.74, 6) is 0. The van der Waals surface area contributed by atoms with Gasteiger partial charge in [0.2, 0.25) is 0 Å². The van der Waals surface area contributed by atoms with Crippen LogP contribution in [0.3, 0.4) is 0 Å². The zero-order valence-corrected chi connectivity index (χ0v) is 13.1. The molecule has 0 aromatic carbocycles. The molecule has 1 unspecified atom stereocenters. The molecule has 1 N–H and O–H groups in total. The molecule has 0 saturated carbocycles. The topological polar surface area (TPSA) is 37.4 Å². The normalized spacial score (nSPS) is 20.9. The molecule has 4 nitrogen and oxygen atoms in total. The van der Waals surface area contributed by atoms with E-state index in [4.69, 9.17) is 9.72 Å². The summed E-state index contributed by atoms with van der Waals surface area (Å²) in [6.07, 6.45) is 2.37. The van der Waals surface area contributed by atoms with Crippen molar-refractivity contribution in [1.82, 2.24) is 15.2 Å². The van der Waals surface area contributed by atoms with Gasteiger partial charge in [-0.1, -0.05) is 13.8 Å². The second kappa shape index (κ2) is 7.33. The smallest absolute Gasteiger partial charge is 0.123 e. The Hall–Kier alpha value is -0.490. The number of nitrogens with one attached hydrogen (secondary N) is 1. The van der Waals surface area contributed by atoms with E-state index in [9.17, 15) is 0 Å². The van der Waals surface area contributed by atoms with Gasteiger partial charge in [-0.2, -0.15) is 0 Å². The van der Waals surface area contributed by atoms with Crippen LogP contribution in [0.1, 0.15) is 42.0 Å². The van der Waals surface area contributed by atoms with Crippen molar-refractivity contribution in [3.05, 3.63) is 15.6 Å². The zero-order chi connectivity index (χ0) is 13.7. The highest BCUT2D eigenvalue weighted by Gasteiger charge is 2.25. The summed E-state index contributed by atoms with van der Waals surface area (Å²) in [5, 5.41) is 4.38. The molecule has 1 saturated heterocycles. The Morgan fingerprint density at radius 2 is 2.32 bits per heavy atom. The Balaban J connectivity index is 2.07. The van der Waals surface area contributed by atoms with Crippen LogP contribution in [0, 0.1) is 0 Å². The van der Waals surface area contributed by atoms with Gasteiger partial charge in [0.25, 0.3) is 0 Å². The van der Waals surface area contributed by atoms with Crippen LogP contribution in [-0.2, 0) is 17.7 Å². The van der Waals surface area contributed by atoms with Gasteiger partial charge in [0, 0.05) is 24.5 Å². The SMILES string of the molecule is CCCN1CCOC(c2nc(CC)c(CNC)s2)C1. The van der Waals surface area contributed by atoms with Gasteiger partial charge in [0.15, 0.2) is 0 Å². The summed E-state index contributed by atoms with van der Waals surface area (Å²) in [6.45, 7) is 9.34. The fourth-order valence-corrected chi connectivity index (χ4v) is 3.69. The maximum atomic E-state index is 5.92. The fourth-order valence-electron chi connectivity index (χ4n) is 2.49. The molecule has 2 rings (SSSR count). The van der Waals surface area contributed by atoms with Crippen molar-refractivity contribution in [1.29, 1.82) is 0 Å². The molecule has 2 heterocycles. The highest BCUT2D eigenvalue weighted by Crippen LogP contribution is 2.29. The first-order chi connectivity index (χ1) is 9.28. The molecule has 108 valence electrons. The first-order valence-corrected chi connectivity index (χ1v) is 8.07. The molecule has 1 atom stereocenters. The van der Waals surface area contributed by atoms with Gasteiger partial charge in [0.05, 0.1) is 12.3 Å². The van der Waals surface area contributed by atoms with Crippen molar-refractivity contribution in [2.24, 2.45) is 0 Å². The van der Waals surface area contributed by atoms with E-state index in [-0.39, 0.29) is 6.10 Å². The summed E-state index contributed by atoms with van der Waals surface area (Å²) in [4.78, 5) is 8.64. The van der Waals surface area contributed by atoms with Gasteiger partial charge < -0.3 is 10.1 Å². The number of ether oxygens (including phenoxy) is 1. The Morgan fingerprint density at radius 1 is 1.47 bits per heavy atom. The first-order valence-electron chi connectivity index (χ1n) is 7.25. The van der Waals surface area contributed by atoms with E-state index in [1.54, 1.807) is 0 Å². The number of hydrogen-bond acceptors (Lipinski definition) is 5. The Morgan fingerprint density at radius 3 is 3.00 bits per heavy atom. The highest BCUT2D eigenvalue weighted by molar-refractivity contribution is 7.11. The van der Waals surface area contributed by atoms with Gasteiger partial charge in [-0.3, -0.25) is 4.90 Å². The molecule has 0 bridgehead atoms. The number of thiazole rings is 1. The van der Waals surface area contributed by atoms with Gasteiger partial charge in [0.1, 0.15) is 11.1 Å². The predicted octanol–water partition coefficient (Wildman–Crippen LogP) is 2.21. The van der Waals surface area contributed by atoms with E-state index in [1.165, 1.54) is 17.0 Å². The quantitative estimate of drug-likeness (QED) is 0.868. The average Bonchev–Trinajstić information content (AvgIpc) is 2.83. The molecule has 0 spiro atoms. The van der Waals surface area contributed by atoms with Crippen LogP contribution in [0.5, 0.6) is 0 Å². The molecule has 5 heteroatoms. The van der Waals surface area contributed by atoms with E-state index in [1.807, 2.05) is 18.4 Å². The second-order valence-electron chi connectivity index (χ2n) is 4.97. The van der Waals surface area contributed by atoms with E-state index in [2.05, 4.69) is 24.1 Å². The molecule has 1 aromatic heterocycles. The molecule has 19 heavy (non-hydrogen) atoms. The second-order valence-corrected chi connectivity index (χ2v) is 6.08. The van der Waals surface area contributed by atoms with Crippen molar-refractivity contribution in [3.63, 3.8) is 0 Å². The monoisotopic (exact) mass is 283 g/mol. The predicted molar refractivity (Wildman–Crippen MR) is 79.7 cm³/mol. The summed E-state index contributed by atoms with van der Waals surface area (Å²) in [5.41, 5.74) is 1.23. The molecule has 1 fully saturated rings. The van der Waals surface area contributed by atoms with Crippen LogP contribution in [0.15, 0.2) is 0 Å². The maximum Gasteiger partial charge on any atom is 0.123 e. The molecule has 1 aromatic rings. The van der Waals surface area contributed by atoms with E-state index >= 15 is 0 Å². The van der Waals surface area contributed by atoms with E-state index in [0.29, 0.717) is 0 Å². The number of morpholine rings is 1.